The molecule has 0 spiro atoms. The van der Waals surface area contributed by atoms with Crippen LogP contribution in [0.2, 0.25) is 0 Å². The van der Waals surface area contributed by atoms with Crippen molar-refractivity contribution in [3.05, 3.63) is 63.7 Å². The second-order valence-electron chi connectivity index (χ2n) is 13.5. The van der Waals surface area contributed by atoms with Gasteiger partial charge in [-0.1, -0.05) is 31.0 Å². The topological polar surface area (TPSA) is 112 Å². The lowest BCUT2D eigenvalue weighted by Gasteiger charge is -2.36. The number of nitrogens with zero attached hydrogens (tertiary/aromatic N) is 6. The molecule has 2 atom stereocenters. The van der Waals surface area contributed by atoms with Crippen LogP contribution in [0, 0.1) is 23.2 Å². The van der Waals surface area contributed by atoms with E-state index in [1.54, 1.807) is 16.7 Å². The molecule has 1 aromatic carbocycles. The number of sulfone groups is 1. The van der Waals surface area contributed by atoms with E-state index in [0.29, 0.717) is 92.7 Å². The van der Waals surface area contributed by atoms with Crippen molar-refractivity contribution < 1.29 is 21.1 Å². The van der Waals surface area contributed by atoms with E-state index >= 15 is 8.78 Å². The fraction of sp³-hybridized carbons (Fsp3) is 0.571. The highest BCUT2D eigenvalue weighted by Gasteiger charge is 2.43. The fourth-order valence-electron chi connectivity index (χ4n) is 7.62. The average molecular weight is 698 g/mol. The Morgan fingerprint density at radius 2 is 1.79 bits per heavy atom. The van der Waals surface area contributed by atoms with Crippen LogP contribution in [0.25, 0.3) is 11.0 Å². The SMILES string of the molecule is C=S=[N+]1c2ncnc3c2cc(C2CCS(=O)(=O)CC2)c(=O)n3CCCCCC(C#N)CN2CCC(CC2)C(F)(F)c2cccc(c2)[C@H]1C. The van der Waals surface area contributed by atoms with Gasteiger partial charge < -0.3 is 4.90 Å². The van der Waals surface area contributed by atoms with Gasteiger partial charge >= 0.3 is 5.82 Å². The van der Waals surface area contributed by atoms with Gasteiger partial charge in [0.25, 0.3) is 11.5 Å². The molecule has 2 saturated heterocycles. The average Bonchev–Trinajstić information content (AvgIpc) is 3.08. The van der Waals surface area contributed by atoms with Crippen LogP contribution in [-0.4, -0.2) is 68.8 Å². The van der Waals surface area contributed by atoms with Gasteiger partial charge in [0.15, 0.2) is 5.65 Å². The molecule has 13 heteroatoms. The molecule has 0 aliphatic carbocycles. The molecule has 0 radical (unpaired) electrons. The second-order valence-corrected chi connectivity index (χ2v) is 16.5. The largest absolute Gasteiger partial charge is 0.347 e. The molecular weight excluding hydrogens is 655 g/mol. The Kier molecular flexibility index (Phi) is 10.3. The fourth-order valence-corrected chi connectivity index (χ4v) is 9.73. The molecule has 4 aliphatic heterocycles. The van der Waals surface area contributed by atoms with Gasteiger partial charge in [-0.25, -0.2) is 17.2 Å². The summed E-state index contributed by atoms with van der Waals surface area (Å²) >= 11 is 1.17. The highest BCUT2D eigenvalue weighted by Crippen LogP contribution is 2.43. The zero-order chi connectivity index (χ0) is 34.1. The summed E-state index contributed by atoms with van der Waals surface area (Å²) in [5, 5.41) is 10.5. The molecule has 9 nitrogen and oxygen atoms in total. The summed E-state index contributed by atoms with van der Waals surface area (Å²) in [6.45, 7) is 3.99. The predicted octanol–water partition coefficient (Wildman–Crippen LogP) is 5.70. The molecule has 256 valence electrons. The van der Waals surface area contributed by atoms with Crippen LogP contribution >= 0.6 is 0 Å². The molecule has 0 amide bonds. The number of aromatic nitrogens is 3. The number of rotatable bonds is 1. The highest BCUT2D eigenvalue weighted by molar-refractivity contribution is 7.91. The summed E-state index contributed by atoms with van der Waals surface area (Å²) in [5.74, 6) is 0.454. The highest BCUT2D eigenvalue weighted by atomic mass is 32.2. The number of aryl methyl sites for hydroxylation is 1. The standard InChI is InChI=1S/C35H43F2N6O3S2/c1-24-27-8-6-9-29(19-27)35(36,37)28-10-15-41(16-11-28)22-25(21-38)7-4-3-5-14-42-32-31(33(40-23-39-32)43(24)47-2)20-30(34(42)44)26-12-17-48(45,46)18-13-26/h6,8-9,19-20,23-26,28H,2-5,7,10-18,22H2,1H3/q+1/t24-,25?/m1/s1. The van der Waals surface area contributed by atoms with Gasteiger partial charge in [-0.3, -0.25) is 9.36 Å². The molecule has 7 rings (SSSR count). The van der Waals surface area contributed by atoms with Crippen molar-refractivity contribution in [3.63, 3.8) is 0 Å². The molecule has 6 heterocycles. The zero-order valence-electron chi connectivity index (χ0n) is 27.4. The van der Waals surface area contributed by atoms with E-state index in [9.17, 15) is 18.5 Å². The Morgan fingerprint density at radius 3 is 2.50 bits per heavy atom. The Bertz CT molecular complexity index is 1930. The van der Waals surface area contributed by atoms with E-state index in [-0.39, 0.29) is 34.5 Å². The summed E-state index contributed by atoms with van der Waals surface area (Å²) in [7, 11) is -3.14. The number of piperidine rings is 1. The van der Waals surface area contributed by atoms with Crippen molar-refractivity contribution >= 4 is 43.7 Å². The maximum Gasteiger partial charge on any atom is 0.347 e. The molecule has 3 aromatic rings. The number of alkyl halides is 2. The molecule has 1 unspecified atom stereocenters. The summed E-state index contributed by atoms with van der Waals surface area (Å²) in [4.78, 5) is 25.5. The first-order chi connectivity index (χ1) is 23.0. The Hall–Kier alpha value is -3.34. The van der Waals surface area contributed by atoms with Crippen LogP contribution < -0.4 is 5.56 Å². The van der Waals surface area contributed by atoms with Gasteiger partial charge in [0.1, 0.15) is 21.3 Å². The third-order valence-corrected chi connectivity index (χ3v) is 13.0. The summed E-state index contributed by atoms with van der Waals surface area (Å²) in [6.07, 6.45) is 5.89. The maximum atomic E-state index is 16.1. The Balaban J connectivity index is 1.46. The van der Waals surface area contributed by atoms with Crippen LogP contribution in [0.1, 0.15) is 86.9 Å². The van der Waals surface area contributed by atoms with E-state index in [0.717, 1.165) is 12.8 Å². The molecule has 4 aliphatic rings. The van der Waals surface area contributed by atoms with Gasteiger partial charge in [-0.15, -0.1) is 0 Å². The minimum atomic E-state index is -3.14. The summed E-state index contributed by atoms with van der Waals surface area (Å²) in [5.41, 5.74) is 1.50. The Labute approximate surface area is 284 Å². The molecule has 0 N–H and O–H groups in total. The first-order valence-corrected chi connectivity index (χ1v) is 19.7. The number of nitriles is 1. The van der Waals surface area contributed by atoms with E-state index in [1.807, 2.05) is 23.0 Å². The number of hydrogen-bond donors (Lipinski definition) is 0. The lowest BCUT2D eigenvalue weighted by molar-refractivity contribution is -0.459. The van der Waals surface area contributed by atoms with E-state index in [4.69, 9.17) is 0 Å². The number of halogens is 2. The van der Waals surface area contributed by atoms with Crippen molar-refractivity contribution in [3.8, 4) is 6.07 Å². The third-order valence-electron chi connectivity index (χ3n) is 10.5. The monoisotopic (exact) mass is 697 g/mol. The van der Waals surface area contributed by atoms with Gasteiger partial charge in [0.05, 0.1) is 23.5 Å². The number of fused-ring (bicyclic) bond motifs is 9. The number of pyridine rings is 1. The third kappa shape index (κ3) is 7.03. The molecule has 8 bridgehead atoms. The Morgan fingerprint density at radius 1 is 1.04 bits per heavy atom. The normalized spacial score (nSPS) is 26.8. The lowest BCUT2D eigenvalue weighted by Crippen LogP contribution is -2.41. The van der Waals surface area contributed by atoms with Crippen LogP contribution in [-0.2, 0) is 33.5 Å². The first-order valence-electron chi connectivity index (χ1n) is 16.9. The minimum Gasteiger partial charge on any atom is -0.302 e. The van der Waals surface area contributed by atoms with E-state index < -0.39 is 27.7 Å². The van der Waals surface area contributed by atoms with Crippen molar-refractivity contribution in [2.75, 3.05) is 31.1 Å². The van der Waals surface area contributed by atoms with Crippen LogP contribution in [0.15, 0.2) is 41.5 Å². The summed E-state index contributed by atoms with van der Waals surface area (Å²) < 4.78 is 60.2. The van der Waals surface area contributed by atoms with Gasteiger partial charge in [-0.2, -0.15) is 14.2 Å². The quantitative estimate of drug-likeness (QED) is 0.237. The maximum absolute atomic E-state index is 16.1. The summed E-state index contributed by atoms with van der Waals surface area (Å²) in [6, 6.07) is 10.4. The molecule has 0 saturated carbocycles. The zero-order valence-corrected chi connectivity index (χ0v) is 29.0. The van der Waals surface area contributed by atoms with Crippen molar-refractivity contribution in [2.24, 2.45) is 11.8 Å². The predicted molar refractivity (Wildman–Crippen MR) is 184 cm³/mol. The van der Waals surface area contributed by atoms with Gasteiger partial charge in [-0.05, 0) is 93.0 Å². The van der Waals surface area contributed by atoms with Gasteiger partial charge in [0, 0.05) is 41.3 Å². The number of hydrogen-bond acceptors (Lipinski definition) is 7. The van der Waals surface area contributed by atoms with Crippen molar-refractivity contribution in [1.82, 2.24) is 19.4 Å². The second kappa shape index (κ2) is 14.3. The number of benzene rings is 1. The van der Waals surface area contributed by atoms with E-state index in [2.05, 4.69) is 26.8 Å². The van der Waals surface area contributed by atoms with Crippen molar-refractivity contribution in [2.45, 2.75) is 82.7 Å². The molecular formula is C35H43F2N6O3S2+. The minimum absolute atomic E-state index is 0.0176. The first kappa shape index (κ1) is 34.5. The van der Waals surface area contributed by atoms with E-state index in [1.165, 1.54) is 23.5 Å². The van der Waals surface area contributed by atoms with Crippen molar-refractivity contribution in [1.29, 1.82) is 5.26 Å². The smallest absolute Gasteiger partial charge is 0.302 e. The van der Waals surface area contributed by atoms with Crippen LogP contribution in [0.3, 0.4) is 0 Å². The van der Waals surface area contributed by atoms with Crippen LogP contribution in [0.4, 0.5) is 14.6 Å². The molecule has 2 aromatic heterocycles. The lowest BCUT2D eigenvalue weighted by atomic mass is 9.85. The van der Waals surface area contributed by atoms with Crippen LogP contribution in [0.5, 0.6) is 0 Å². The molecule has 2 fully saturated rings. The van der Waals surface area contributed by atoms with Gasteiger partial charge in [0.2, 0.25) is 6.33 Å². The molecule has 48 heavy (non-hydrogen) atoms.